The van der Waals surface area contributed by atoms with Crippen molar-refractivity contribution in [3.05, 3.63) is 59.2 Å². The summed E-state index contributed by atoms with van der Waals surface area (Å²) in [6.07, 6.45) is -1.60. The van der Waals surface area contributed by atoms with Crippen LogP contribution in [0.15, 0.2) is 47.4 Å². The van der Waals surface area contributed by atoms with Crippen LogP contribution < -0.4 is 15.4 Å². The minimum Gasteiger partial charge on any atom is -0.490 e. The van der Waals surface area contributed by atoms with E-state index in [2.05, 4.69) is 10.6 Å². The molecule has 2 aliphatic rings. The summed E-state index contributed by atoms with van der Waals surface area (Å²) in [6.45, 7) is 0.379. The number of benzene rings is 2. The van der Waals surface area contributed by atoms with Crippen molar-refractivity contribution in [2.75, 3.05) is 13.1 Å². The molecule has 1 aliphatic carbocycles. The monoisotopic (exact) mass is 536 g/mol. The van der Waals surface area contributed by atoms with Crippen molar-refractivity contribution in [3.8, 4) is 5.75 Å². The van der Waals surface area contributed by atoms with E-state index in [1.165, 1.54) is 6.07 Å². The second-order valence-electron chi connectivity index (χ2n) is 9.13. The Morgan fingerprint density at radius 1 is 0.973 bits per heavy atom. The van der Waals surface area contributed by atoms with Crippen molar-refractivity contribution in [1.29, 1.82) is 0 Å². The number of thioether (sulfide) groups is 1. The number of nitrogens with one attached hydrogen (secondary N) is 2. The minimum absolute atomic E-state index is 0.0450. The Hall–Kier alpha value is -3.21. The maximum Gasteiger partial charge on any atom is 0.416 e. The lowest BCUT2D eigenvalue weighted by Gasteiger charge is -2.26. The summed E-state index contributed by atoms with van der Waals surface area (Å²) < 4.78 is 44.6. The van der Waals surface area contributed by atoms with Crippen LogP contribution in [0.25, 0.3) is 0 Å². The maximum atomic E-state index is 12.9. The molecule has 1 atom stereocenters. The van der Waals surface area contributed by atoms with Crippen LogP contribution in [0.5, 0.6) is 5.75 Å². The van der Waals surface area contributed by atoms with Crippen LogP contribution in [0, 0.1) is 5.92 Å². The number of hydrogen-bond donors (Lipinski definition) is 3. The first-order valence-corrected chi connectivity index (χ1v) is 12.9. The van der Waals surface area contributed by atoms with E-state index in [4.69, 9.17) is 9.84 Å². The molecule has 1 saturated carbocycles. The first-order chi connectivity index (χ1) is 17.6. The van der Waals surface area contributed by atoms with Crippen LogP contribution in [0.4, 0.5) is 13.2 Å². The van der Waals surface area contributed by atoms with Gasteiger partial charge in [-0.2, -0.15) is 13.2 Å². The molecule has 0 saturated heterocycles. The fourth-order valence-electron chi connectivity index (χ4n) is 4.43. The standard InChI is InChI=1S/C26H27F3N2O5S/c27-26(28,29)18-6-1-17-13-22(37-21(17)14-18)24(33)31-12-11-30-23(32)15-2-7-19(8-3-15)36-20-9-4-16(5-10-20)25(34)35/h1-3,6-8,14,16,20,22H,4-5,9-13H2,(H,30,32)(H,31,33)(H,34,35). The Labute approximate surface area is 216 Å². The van der Waals surface area contributed by atoms with Gasteiger partial charge in [-0.1, -0.05) is 6.07 Å². The van der Waals surface area contributed by atoms with Gasteiger partial charge in [0.05, 0.1) is 22.8 Å². The largest absolute Gasteiger partial charge is 0.490 e. The topological polar surface area (TPSA) is 105 Å². The molecular formula is C26H27F3N2O5S. The number of halogens is 3. The third kappa shape index (κ3) is 6.97. The number of ether oxygens (including phenoxy) is 1. The predicted octanol–water partition coefficient (Wildman–Crippen LogP) is 4.29. The zero-order valence-corrected chi connectivity index (χ0v) is 20.7. The maximum absolute atomic E-state index is 12.9. The Balaban J connectivity index is 1.16. The normalized spacial score (nSPS) is 21.1. The Morgan fingerprint density at radius 3 is 2.30 bits per heavy atom. The summed E-state index contributed by atoms with van der Waals surface area (Å²) in [5.74, 6) is -1.07. The van der Waals surface area contributed by atoms with Gasteiger partial charge in [0.25, 0.3) is 5.91 Å². The summed E-state index contributed by atoms with van der Waals surface area (Å²) in [6, 6.07) is 10.2. The first kappa shape index (κ1) is 26.8. The molecule has 37 heavy (non-hydrogen) atoms. The number of hydrogen-bond acceptors (Lipinski definition) is 5. The lowest BCUT2D eigenvalue weighted by Crippen LogP contribution is -2.38. The van der Waals surface area contributed by atoms with Crippen molar-refractivity contribution >= 4 is 29.5 Å². The van der Waals surface area contributed by atoms with Crippen molar-refractivity contribution in [2.24, 2.45) is 5.92 Å². The number of carbonyl (C=O) groups is 3. The highest BCUT2D eigenvalue weighted by molar-refractivity contribution is 8.01. The van der Waals surface area contributed by atoms with Crippen molar-refractivity contribution < 1.29 is 37.4 Å². The third-order valence-electron chi connectivity index (χ3n) is 6.51. The van der Waals surface area contributed by atoms with Gasteiger partial charge in [0, 0.05) is 23.5 Å². The number of rotatable bonds is 8. The lowest BCUT2D eigenvalue weighted by molar-refractivity contribution is -0.143. The molecule has 1 unspecified atom stereocenters. The molecule has 4 rings (SSSR count). The summed E-state index contributed by atoms with van der Waals surface area (Å²) in [7, 11) is 0. The minimum atomic E-state index is -4.43. The van der Waals surface area contributed by atoms with Gasteiger partial charge in [0.1, 0.15) is 5.75 Å². The zero-order valence-electron chi connectivity index (χ0n) is 19.8. The van der Waals surface area contributed by atoms with Crippen LogP contribution in [0.2, 0.25) is 0 Å². The lowest BCUT2D eigenvalue weighted by atomic mass is 9.87. The second-order valence-corrected chi connectivity index (χ2v) is 10.4. The Morgan fingerprint density at radius 2 is 1.65 bits per heavy atom. The van der Waals surface area contributed by atoms with Gasteiger partial charge in [-0.15, -0.1) is 11.8 Å². The molecule has 198 valence electrons. The smallest absolute Gasteiger partial charge is 0.416 e. The molecule has 2 aromatic rings. The average Bonchev–Trinajstić information content (AvgIpc) is 3.30. The zero-order chi connectivity index (χ0) is 26.6. The van der Waals surface area contributed by atoms with E-state index in [9.17, 15) is 27.6 Å². The quantitative estimate of drug-likeness (QED) is 0.435. The molecule has 1 heterocycles. The summed E-state index contributed by atoms with van der Waals surface area (Å²) in [4.78, 5) is 36.4. The van der Waals surface area contributed by atoms with E-state index in [0.29, 0.717) is 53.9 Å². The molecule has 0 bridgehead atoms. The van der Waals surface area contributed by atoms with E-state index in [-0.39, 0.29) is 36.9 Å². The van der Waals surface area contributed by atoms with Crippen molar-refractivity contribution in [3.63, 3.8) is 0 Å². The summed E-state index contributed by atoms with van der Waals surface area (Å²) in [5.41, 5.74) is 0.410. The van der Waals surface area contributed by atoms with Gasteiger partial charge < -0.3 is 20.5 Å². The molecule has 0 aromatic heterocycles. The number of fused-ring (bicyclic) bond motifs is 1. The van der Waals surface area contributed by atoms with Crippen molar-refractivity contribution in [2.45, 2.75) is 54.5 Å². The fourth-order valence-corrected chi connectivity index (χ4v) is 5.69. The number of amides is 2. The average molecular weight is 537 g/mol. The van der Waals surface area contributed by atoms with Gasteiger partial charge in [0.2, 0.25) is 5.91 Å². The predicted molar refractivity (Wildman–Crippen MR) is 131 cm³/mol. The molecular weight excluding hydrogens is 509 g/mol. The molecule has 11 heteroatoms. The highest BCUT2D eigenvalue weighted by Gasteiger charge is 2.34. The van der Waals surface area contributed by atoms with Crippen LogP contribution in [-0.4, -0.2) is 47.3 Å². The van der Waals surface area contributed by atoms with Gasteiger partial charge in [-0.05, 0) is 74.1 Å². The van der Waals surface area contributed by atoms with Crippen LogP contribution >= 0.6 is 11.8 Å². The van der Waals surface area contributed by atoms with E-state index in [0.717, 1.165) is 23.9 Å². The molecule has 1 aliphatic heterocycles. The Bertz CT molecular complexity index is 1150. The van der Waals surface area contributed by atoms with Crippen LogP contribution in [0.1, 0.15) is 47.2 Å². The fraction of sp³-hybridized carbons (Fsp3) is 0.423. The molecule has 2 amide bonds. The number of carbonyl (C=O) groups excluding carboxylic acids is 2. The molecule has 7 nitrogen and oxygen atoms in total. The summed E-state index contributed by atoms with van der Waals surface area (Å²) in [5, 5.41) is 14.0. The SMILES string of the molecule is O=C(NCCNC(=O)C1Cc2ccc(C(F)(F)F)cc2S1)c1ccc(OC2CCC(C(=O)O)CC2)cc1. The van der Waals surface area contributed by atoms with Gasteiger partial charge in [-0.3, -0.25) is 14.4 Å². The number of carboxylic acids is 1. The second kappa shape index (κ2) is 11.5. The highest BCUT2D eigenvalue weighted by Crippen LogP contribution is 2.40. The molecule has 3 N–H and O–H groups in total. The molecule has 0 radical (unpaired) electrons. The highest BCUT2D eigenvalue weighted by atomic mass is 32.2. The van der Waals surface area contributed by atoms with Gasteiger partial charge >= 0.3 is 12.1 Å². The van der Waals surface area contributed by atoms with E-state index < -0.39 is 23.0 Å². The van der Waals surface area contributed by atoms with Crippen LogP contribution in [0.3, 0.4) is 0 Å². The molecule has 1 fully saturated rings. The summed E-state index contributed by atoms with van der Waals surface area (Å²) >= 11 is 1.11. The first-order valence-electron chi connectivity index (χ1n) is 12.0. The van der Waals surface area contributed by atoms with Gasteiger partial charge in [-0.25, -0.2) is 0 Å². The molecule has 2 aromatic carbocycles. The molecule has 0 spiro atoms. The number of carboxylic acid groups (broad SMARTS) is 1. The Kier molecular flexibility index (Phi) is 8.31. The third-order valence-corrected chi connectivity index (χ3v) is 7.81. The van der Waals surface area contributed by atoms with Gasteiger partial charge in [0.15, 0.2) is 0 Å². The van der Waals surface area contributed by atoms with Crippen LogP contribution in [-0.2, 0) is 22.2 Å². The van der Waals surface area contributed by atoms with E-state index >= 15 is 0 Å². The number of alkyl halides is 3. The number of aliphatic carboxylic acids is 1. The van der Waals surface area contributed by atoms with Crippen molar-refractivity contribution in [1.82, 2.24) is 10.6 Å². The van der Waals surface area contributed by atoms with E-state index in [1.807, 2.05) is 0 Å². The van der Waals surface area contributed by atoms with E-state index in [1.54, 1.807) is 24.3 Å².